The monoisotopic (exact) mass is 177 g/mol. The van der Waals surface area contributed by atoms with E-state index in [1.54, 1.807) is 0 Å². The van der Waals surface area contributed by atoms with E-state index in [0.717, 1.165) is 5.56 Å². The Morgan fingerprint density at radius 2 is 1.58 bits per heavy atom. The molecule has 0 unspecified atom stereocenters. The quantitative estimate of drug-likeness (QED) is 0.422. The van der Waals surface area contributed by atoms with E-state index >= 15 is 0 Å². The molecule has 0 aliphatic heterocycles. The van der Waals surface area contributed by atoms with Crippen LogP contribution in [0.1, 0.15) is 5.56 Å². The fraction of sp³-hybridized carbons (Fsp3) is 0.273. The van der Waals surface area contributed by atoms with E-state index in [1.807, 2.05) is 30.3 Å². The van der Waals surface area contributed by atoms with Crippen molar-refractivity contribution in [1.29, 1.82) is 0 Å². The van der Waals surface area contributed by atoms with Gasteiger partial charge >= 0.3 is 0 Å². The Labute approximate surface area is 75.3 Å². The van der Waals surface area contributed by atoms with Crippen molar-refractivity contribution in [3.05, 3.63) is 35.9 Å². The molecule has 0 saturated heterocycles. The maximum atomic E-state index is 3.30. The molecule has 0 nitrogen and oxygen atoms in total. The lowest BCUT2D eigenvalue weighted by atomic mass is 10.2. The van der Waals surface area contributed by atoms with Gasteiger partial charge in [0.2, 0.25) is 0 Å². The second-order valence-corrected chi connectivity index (χ2v) is 7.86. The molecule has 0 N–H and O–H groups in total. The summed E-state index contributed by atoms with van der Waals surface area (Å²) in [6.45, 7) is 6.68. The van der Waals surface area contributed by atoms with E-state index in [9.17, 15) is 0 Å². The molecule has 1 heteroatoms. The van der Waals surface area contributed by atoms with E-state index in [1.165, 1.54) is 0 Å². The molecular formula is C11H14P+. The average molecular weight is 177 g/mol. The Balaban J connectivity index is 2.81. The predicted octanol–water partition coefficient (Wildman–Crippen LogP) is 2.90. The number of hydrogen-bond donors (Lipinski definition) is 0. The van der Waals surface area contributed by atoms with Crippen LogP contribution in [0, 0.1) is 11.6 Å². The van der Waals surface area contributed by atoms with Gasteiger partial charge in [-0.1, -0.05) is 18.2 Å². The van der Waals surface area contributed by atoms with Crippen LogP contribution in [0.2, 0.25) is 0 Å². The minimum Gasteiger partial charge on any atom is -0.0622 e. The van der Waals surface area contributed by atoms with Crippen LogP contribution in [-0.2, 0) is 0 Å². The van der Waals surface area contributed by atoms with Crippen molar-refractivity contribution in [2.75, 3.05) is 20.0 Å². The standard InChI is InChI=1S/C11H14P/c1-12(2,3)10-9-11-7-5-4-6-8-11/h4-8H,1-3H3/q+1. The third-order valence-corrected chi connectivity index (χ3v) is 2.09. The summed E-state index contributed by atoms with van der Waals surface area (Å²) >= 11 is 0. The first kappa shape index (κ1) is 9.30. The Kier molecular flexibility index (Phi) is 2.90. The summed E-state index contributed by atoms with van der Waals surface area (Å²) in [5, 5.41) is 0. The van der Waals surface area contributed by atoms with Crippen molar-refractivity contribution >= 4 is 7.26 Å². The largest absolute Gasteiger partial charge is 0.0835 e. The van der Waals surface area contributed by atoms with Crippen LogP contribution >= 0.6 is 7.26 Å². The lowest BCUT2D eigenvalue weighted by molar-refractivity contribution is 1.65. The molecule has 0 aliphatic rings. The average Bonchev–Trinajstić information content (AvgIpc) is 2.02. The van der Waals surface area contributed by atoms with Gasteiger partial charge in [0.05, 0.1) is 32.9 Å². The highest BCUT2D eigenvalue weighted by Gasteiger charge is 2.11. The van der Waals surface area contributed by atoms with Crippen LogP contribution in [0.5, 0.6) is 0 Å². The van der Waals surface area contributed by atoms with Crippen molar-refractivity contribution < 1.29 is 0 Å². The van der Waals surface area contributed by atoms with Crippen molar-refractivity contribution in [3.8, 4) is 11.6 Å². The van der Waals surface area contributed by atoms with Gasteiger partial charge in [0, 0.05) is 5.56 Å². The number of rotatable bonds is 0. The van der Waals surface area contributed by atoms with Crippen LogP contribution in [0.4, 0.5) is 0 Å². The molecule has 0 fully saturated rings. The third kappa shape index (κ3) is 3.56. The second-order valence-electron chi connectivity index (χ2n) is 3.62. The lowest BCUT2D eigenvalue weighted by Crippen LogP contribution is -1.78. The summed E-state index contributed by atoms with van der Waals surface area (Å²) in [5.74, 6) is 3.18. The minimum atomic E-state index is -0.942. The maximum absolute atomic E-state index is 3.30. The fourth-order valence-corrected chi connectivity index (χ4v) is 1.22. The van der Waals surface area contributed by atoms with Gasteiger partial charge in [-0.2, -0.15) is 0 Å². The van der Waals surface area contributed by atoms with Gasteiger partial charge < -0.3 is 0 Å². The summed E-state index contributed by atoms with van der Waals surface area (Å²) in [6.07, 6.45) is 0. The molecule has 0 spiro atoms. The molecule has 0 atom stereocenters. The molecule has 0 bridgehead atoms. The molecule has 1 rings (SSSR count). The summed E-state index contributed by atoms with van der Waals surface area (Å²) in [5.41, 5.74) is 4.42. The highest BCUT2D eigenvalue weighted by atomic mass is 31.2. The van der Waals surface area contributed by atoms with Crippen LogP contribution in [-0.4, -0.2) is 20.0 Å². The maximum Gasteiger partial charge on any atom is 0.0835 e. The van der Waals surface area contributed by atoms with Crippen LogP contribution in [0.25, 0.3) is 0 Å². The van der Waals surface area contributed by atoms with E-state index < -0.39 is 7.26 Å². The first-order chi connectivity index (χ1) is 5.58. The van der Waals surface area contributed by atoms with E-state index in [0.29, 0.717) is 0 Å². The number of benzene rings is 1. The van der Waals surface area contributed by atoms with Gasteiger partial charge in [-0.25, -0.2) is 0 Å². The lowest BCUT2D eigenvalue weighted by Gasteiger charge is -1.97. The zero-order chi connectivity index (χ0) is 9.03. The smallest absolute Gasteiger partial charge is 0.0622 e. The summed E-state index contributed by atoms with van der Waals surface area (Å²) in [6, 6.07) is 10.1. The molecule has 0 aliphatic carbocycles. The molecule has 1 aromatic rings. The summed E-state index contributed by atoms with van der Waals surface area (Å²) < 4.78 is 0. The van der Waals surface area contributed by atoms with Gasteiger partial charge in [0.15, 0.2) is 0 Å². The minimum absolute atomic E-state index is 0.942. The van der Waals surface area contributed by atoms with E-state index in [4.69, 9.17) is 0 Å². The molecular weight excluding hydrogens is 163 g/mol. The molecule has 0 heterocycles. The van der Waals surface area contributed by atoms with Crippen LogP contribution < -0.4 is 0 Å². The molecule has 62 valence electrons. The zero-order valence-electron chi connectivity index (χ0n) is 7.83. The second kappa shape index (κ2) is 3.74. The van der Waals surface area contributed by atoms with Crippen molar-refractivity contribution in [2.24, 2.45) is 0 Å². The SMILES string of the molecule is C[P+](C)(C)C#Cc1ccccc1. The van der Waals surface area contributed by atoms with Crippen molar-refractivity contribution in [2.45, 2.75) is 0 Å². The summed E-state index contributed by atoms with van der Waals surface area (Å²) in [4.78, 5) is 0. The Hall–Kier alpha value is -0.790. The summed E-state index contributed by atoms with van der Waals surface area (Å²) in [7, 11) is -0.942. The Morgan fingerprint density at radius 3 is 2.08 bits per heavy atom. The van der Waals surface area contributed by atoms with Gasteiger partial charge in [-0.3, -0.25) is 0 Å². The zero-order valence-corrected chi connectivity index (χ0v) is 8.73. The highest BCUT2D eigenvalue weighted by molar-refractivity contribution is 7.78. The van der Waals surface area contributed by atoms with Crippen molar-refractivity contribution in [1.82, 2.24) is 0 Å². The van der Waals surface area contributed by atoms with Gasteiger partial charge in [0.25, 0.3) is 0 Å². The normalized spacial score (nSPS) is 10.2. The van der Waals surface area contributed by atoms with Gasteiger partial charge in [-0.15, -0.1) is 0 Å². The molecule has 0 aromatic heterocycles. The Bertz CT molecular complexity index is 295. The molecule has 0 amide bonds. The van der Waals surface area contributed by atoms with Crippen molar-refractivity contribution in [3.63, 3.8) is 0 Å². The molecule has 0 radical (unpaired) electrons. The topological polar surface area (TPSA) is 0 Å². The molecule has 12 heavy (non-hydrogen) atoms. The van der Waals surface area contributed by atoms with Crippen LogP contribution in [0.15, 0.2) is 30.3 Å². The molecule has 1 aromatic carbocycles. The first-order valence-corrected chi connectivity index (χ1v) is 7.11. The van der Waals surface area contributed by atoms with E-state index in [2.05, 4.69) is 31.6 Å². The Morgan fingerprint density at radius 1 is 1.00 bits per heavy atom. The van der Waals surface area contributed by atoms with Crippen LogP contribution in [0.3, 0.4) is 0 Å². The highest BCUT2D eigenvalue weighted by Crippen LogP contribution is 2.44. The van der Waals surface area contributed by atoms with E-state index in [-0.39, 0.29) is 0 Å². The van der Waals surface area contributed by atoms with Gasteiger partial charge in [-0.05, 0) is 18.1 Å². The number of hydrogen-bond acceptors (Lipinski definition) is 0. The fourth-order valence-electron chi connectivity index (χ4n) is 0.754. The first-order valence-electron chi connectivity index (χ1n) is 3.98. The predicted molar refractivity (Wildman–Crippen MR) is 58.0 cm³/mol. The molecule has 0 saturated carbocycles. The van der Waals surface area contributed by atoms with Gasteiger partial charge in [0.1, 0.15) is 0 Å². The third-order valence-electron chi connectivity index (χ3n) is 1.31.